The smallest absolute Gasteiger partial charge is 0.416 e. The minimum absolute atomic E-state index is 0.0559. The number of allylic oxidation sites excluding steroid dienone is 2. The largest absolute Gasteiger partial charge is 0.491 e. The van der Waals surface area contributed by atoms with Crippen LogP contribution in [0.2, 0.25) is 5.02 Å². The molecule has 3 heterocycles. The van der Waals surface area contributed by atoms with E-state index in [9.17, 15) is 22.8 Å². The van der Waals surface area contributed by atoms with Gasteiger partial charge in [-0.15, -0.1) is 11.3 Å². The van der Waals surface area contributed by atoms with Crippen LogP contribution in [-0.4, -0.2) is 65.9 Å². The number of nitrogens with zero attached hydrogens (tertiary/aromatic N) is 4. The van der Waals surface area contributed by atoms with E-state index < -0.39 is 17.7 Å². The third kappa shape index (κ3) is 7.20. The predicted molar refractivity (Wildman–Crippen MR) is 188 cm³/mol. The Balaban J connectivity index is 1.17. The highest BCUT2D eigenvalue weighted by molar-refractivity contribution is 7.18. The molecule has 0 N–H and O–H groups in total. The Morgan fingerprint density at radius 1 is 1.14 bits per heavy atom. The van der Waals surface area contributed by atoms with Crippen molar-refractivity contribution < 1.29 is 32.2 Å². The molecule has 1 unspecified atom stereocenters. The highest BCUT2D eigenvalue weighted by atomic mass is 35.5. The minimum atomic E-state index is -4.38. The average Bonchev–Trinajstić information content (AvgIpc) is 3.51. The number of fused-ring (bicyclic) bond motifs is 1. The Bertz CT molecular complexity index is 2070. The third-order valence-electron chi connectivity index (χ3n) is 9.04. The Hall–Kier alpha value is -4.48. The van der Waals surface area contributed by atoms with Gasteiger partial charge in [-0.2, -0.15) is 13.2 Å². The van der Waals surface area contributed by atoms with E-state index in [1.807, 2.05) is 37.9 Å². The van der Waals surface area contributed by atoms with E-state index in [1.165, 1.54) is 30.6 Å². The molecule has 0 fully saturated rings. The number of thiophene rings is 1. The first-order chi connectivity index (χ1) is 23.9. The van der Waals surface area contributed by atoms with Gasteiger partial charge in [-0.25, -0.2) is 14.6 Å². The lowest BCUT2D eigenvalue weighted by molar-refractivity contribution is -0.137. The lowest BCUT2D eigenvalue weighted by atomic mass is 9.88. The van der Waals surface area contributed by atoms with E-state index >= 15 is 0 Å². The molecule has 1 aliphatic heterocycles. The van der Waals surface area contributed by atoms with Crippen molar-refractivity contribution in [2.75, 3.05) is 27.3 Å². The number of halogens is 4. The molecule has 260 valence electrons. The van der Waals surface area contributed by atoms with Crippen LogP contribution in [0, 0.1) is 6.92 Å². The van der Waals surface area contributed by atoms with Gasteiger partial charge in [0, 0.05) is 51.1 Å². The van der Waals surface area contributed by atoms with Crippen molar-refractivity contribution >= 4 is 50.9 Å². The van der Waals surface area contributed by atoms with Gasteiger partial charge in [0.15, 0.2) is 5.94 Å². The van der Waals surface area contributed by atoms with Gasteiger partial charge in [-0.1, -0.05) is 23.7 Å². The third-order valence-corrected chi connectivity index (χ3v) is 10.3. The van der Waals surface area contributed by atoms with Crippen molar-refractivity contribution in [1.29, 1.82) is 0 Å². The second-order valence-electron chi connectivity index (χ2n) is 12.3. The topological polar surface area (TPSA) is 84.3 Å². The number of aliphatic imine (C=N–C) groups is 1. The van der Waals surface area contributed by atoms with Crippen molar-refractivity contribution in [1.82, 2.24) is 14.8 Å². The van der Waals surface area contributed by atoms with E-state index in [4.69, 9.17) is 26.1 Å². The molecule has 1 aliphatic carbocycles. The Kier molecular flexibility index (Phi) is 10.2. The van der Waals surface area contributed by atoms with Gasteiger partial charge in [0.1, 0.15) is 23.9 Å². The molecule has 0 amide bonds. The lowest BCUT2D eigenvalue weighted by Gasteiger charge is -2.38. The fourth-order valence-electron chi connectivity index (χ4n) is 6.51. The highest BCUT2D eigenvalue weighted by Crippen LogP contribution is 2.41. The van der Waals surface area contributed by atoms with Gasteiger partial charge >= 0.3 is 12.1 Å². The molecule has 0 spiro atoms. The summed E-state index contributed by atoms with van der Waals surface area (Å²) in [5.74, 6) is 2.93. The van der Waals surface area contributed by atoms with Crippen LogP contribution >= 0.6 is 22.9 Å². The Labute approximate surface area is 296 Å². The zero-order valence-corrected chi connectivity index (χ0v) is 29.4. The van der Waals surface area contributed by atoms with Crippen LogP contribution in [0.15, 0.2) is 75.9 Å². The van der Waals surface area contributed by atoms with Crippen LogP contribution in [0.5, 0.6) is 5.75 Å². The first kappa shape index (κ1) is 35.3. The summed E-state index contributed by atoms with van der Waals surface area (Å²) in [6, 6.07) is 12.5. The summed E-state index contributed by atoms with van der Waals surface area (Å²) in [6.07, 6.45) is -2.36. The second kappa shape index (κ2) is 14.4. The van der Waals surface area contributed by atoms with Crippen LogP contribution in [0.4, 0.5) is 13.2 Å². The summed E-state index contributed by atoms with van der Waals surface area (Å²) in [5.41, 5.74) is 5.39. The molecular weight excluding hydrogens is 689 g/mol. The number of amidine groups is 1. The van der Waals surface area contributed by atoms with Gasteiger partial charge in [-0.3, -0.25) is 9.88 Å². The fourth-order valence-corrected chi connectivity index (χ4v) is 7.69. The zero-order chi connectivity index (χ0) is 35.7. The number of rotatable bonds is 9. The number of carbonyl (C=O) groups is 1. The Morgan fingerprint density at radius 3 is 2.60 bits per heavy atom. The van der Waals surface area contributed by atoms with Crippen LogP contribution in [0.3, 0.4) is 0 Å². The fraction of sp³-hybridized carbons (Fsp3) is 0.324. The summed E-state index contributed by atoms with van der Waals surface area (Å²) in [4.78, 5) is 38.3. The number of carbonyl (C=O) groups excluding carboxylic acids is 2. The van der Waals surface area contributed by atoms with Crippen molar-refractivity contribution in [2.24, 2.45) is 4.99 Å². The SMILES string of the molecule is COC(=O)c1csc2c(-c3cc(Cl)ccc3OCCN3C(=C=O)C4=C(CCC(N(C)Cc5ccc(C(F)(F)F)cc5)C4)N=C3C)cc(C)nc12. The van der Waals surface area contributed by atoms with E-state index in [1.54, 1.807) is 17.5 Å². The molecule has 0 saturated carbocycles. The number of hydrogen-bond donors (Lipinski definition) is 0. The van der Waals surface area contributed by atoms with Crippen molar-refractivity contribution in [2.45, 2.75) is 51.9 Å². The first-order valence-electron chi connectivity index (χ1n) is 15.9. The zero-order valence-electron chi connectivity index (χ0n) is 27.9. The van der Waals surface area contributed by atoms with Crippen molar-refractivity contribution in [3.63, 3.8) is 0 Å². The summed E-state index contributed by atoms with van der Waals surface area (Å²) >= 11 is 7.84. The number of benzene rings is 2. The van der Waals surface area contributed by atoms with E-state index in [0.717, 1.165) is 51.2 Å². The molecule has 6 rings (SSSR count). The maximum Gasteiger partial charge on any atom is 0.416 e. The molecular formula is C37H34ClF3N4O4S. The van der Waals surface area contributed by atoms with E-state index in [0.29, 0.717) is 65.0 Å². The molecule has 0 bridgehead atoms. The van der Waals surface area contributed by atoms with Gasteiger partial charge in [0.05, 0.1) is 35.0 Å². The molecule has 1 atom stereocenters. The molecule has 8 nitrogen and oxygen atoms in total. The minimum Gasteiger partial charge on any atom is -0.491 e. The molecule has 0 radical (unpaired) electrons. The van der Waals surface area contributed by atoms with Crippen LogP contribution in [-0.2, 0) is 22.3 Å². The van der Waals surface area contributed by atoms with Crippen LogP contribution in [0.1, 0.15) is 53.4 Å². The predicted octanol–water partition coefficient (Wildman–Crippen LogP) is 8.50. The quantitative estimate of drug-likeness (QED) is 0.127. The molecule has 2 aromatic carbocycles. The van der Waals surface area contributed by atoms with Crippen molar-refractivity contribution in [3.05, 3.63) is 98.3 Å². The van der Waals surface area contributed by atoms with E-state index in [2.05, 4.69) is 15.8 Å². The van der Waals surface area contributed by atoms with Crippen LogP contribution in [0.25, 0.3) is 21.3 Å². The lowest BCUT2D eigenvalue weighted by Crippen LogP contribution is -2.40. The number of alkyl halides is 3. The summed E-state index contributed by atoms with van der Waals surface area (Å²) < 4.78 is 51.2. The average molecular weight is 723 g/mol. The normalized spacial score (nSPS) is 16.4. The molecule has 50 heavy (non-hydrogen) atoms. The molecule has 0 saturated heterocycles. The highest BCUT2D eigenvalue weighted by Gasteiger charge is 2.33. The maximum atomic E-state index is 13.0. The summed E-state index contributed by atoms with van der Waals surface area (Å²) in [7, 11) is 3.27. The first-order valence-corrected chi connectivity index (χ1v) is 17.2. The number of aryl methyl sites for hydroxylation is 1. The van der Waals surface area contributed by atoms with Crippen molar-refractivity contribution in [3.8, 4) is 16.9 Å². The second-order valence-corrected chi connectivity index (χ2v) is 13.6. The monoisotopic (exact) mass is 722 g/mol. The summed E-state index contributed by atoms with van der Waals surface area (Å²) in [6.45, 7) is 4.69. The number of esters is 1. The molecule has 4 aromatic rings. The maximum absolute atomic E-state index is 13.0. The van der Waals surface area contributed by atoms with Crippen LogP contribution < -0.4 is 4.74 Å². The van der Waals surface area contributed by atoms with Gasteiger partial charge in [0.25, 0.3) is 0 Å². The molecule has 2 aliphatic rings. The number of ether oxygens (including phenoxy) is 2. The van der Waals surface area contributed by atoms with Gasteiger partial charge < -0.3 is 14.4 Å². The Morgan fingerprint density at radius 2 is 1.90 bits per heavy atom. The van der Waals surface area contributed by atoms with Gasteiger partial charge in [-0.05, 0) is 82.1 Å². The number of hydrogen-bond acceptors (Lipinski definition) is 9. The number of pyridine rings is 1. The van der Waals surface area contributed by atoms with Gasteiger partial charge in [0.2, 0.25) is 0 Å². The van der Waals surface area contributed by atoms with E-state index in [-0.39, 0.29) is 12.6 Å². The number of methoxy groups -OCH3 is 1. The summed E-state index contributed by atoms with van der Waals surface area (Å²) in [5, 5.41) is 2.24. The molecule has 13 heteroatoms. The number of aromatic nitrogens is 1. The standard InChI is InChI=1S/C37H34ClF3N4O4S/c1-21-15-28(35-34(42-21)30(20-50-35)36(47)48-4)27-16-25(38)9-12-33(27)49-14-13-45-22(2)43-31-11-10-26(17-29(31)32(45)19-46)44(3)18-23-5-7-24(8-6-23)37(39,40)41/h5-9,12,15-16,20,26H,10-11,13-14,17-18H2,1-4H3. The molecule has 2 aromatic heterocycles.